The molecule has 2 atom stereocenters. The van der Waals surface area contributed by atoms with Crippen LogP contribution in [0.3, 0.4) is 0 Å². The van der Waals surface area contributed by atoms with Gasteiger partial charge in [-0.1, -0.05) is 11.6 Å². The minimum absolute atomic E-state index is 0.00929. The van der Waals surface area contributed by atoms with Gasteiger partial charge in [0, 0.05) is 11.1 Å². The molecule has 1 aromatic carbocycles. The molecule has 1 aromatic rings. The van der Waals surface area contributed by atoms with Crippen LogP contribution >= 0.6 is 27.5 Å². The lowest BCUT2D eigenvalue weighted by atomic mass is 10.0. The second kappa shape index (κ2) is 6.11. The highest BCUT2D eigenvalue weighted by Gasteiger charge is 2.30. The third-order valence-electron chi connectivity index (χ3n) is 3.33. The molecule has 0 aliphatic carbocycles. The van der Waals surface area contributed by atoms with E-state index in [0.29, 0.717) is 16.5 Å². The van der Waals surface area contributed by atoms with Crippen molar-refractivity contribution in [2.75, 3.05) is 19.0 Å². The highest BCUT2D eigenvalue weighted by molar-refractivity contribution is 9.10. The van der Waals surface area contributed by atoms with Crippen LogP contribution in [0.2, 0.25) is 5.02 Å². The number of benzene rings is 1. The Labute approximate surface area is 126 Å². The zero-order valence-corrected chi connectivity index (χ0v) is 13.1. The van der Waals surface area contributed by atoms with E-state index in [9.17, 15) is 4.79 Å². The highest BCUT2D eigenvalue weighted by atomic mass is 79.9. The highest BCUT2D eigenvalue weighted by Crippen LogP contribution is 2.36. The topological polar surface area (TPSA) is 50.4 Å². The number of nitrogens with one attached hydrogen (secondary N) is 2. The molecule has 0 aromatic heterocycles. The number of carbonyl (C=O) groups is 1. The van der Waals surface area contributed by atoms with Crippen molar-refractivity contribution in [1.29, 1.82) is 0 Å². The normalized spacial score (nSPS) is 22.3. The van der Waals surface area contributed by atoms with Crippen molar-refractivity contribution < 1.29 is 9.53 Å². The van der Waals surface area contributed by atoms with Gasteiger partial charge in [0.1, 0.15) is 0 Å². The molecular formula is C13H16BrClN2O2. The number of anilines is 1. The molecule has 0 bridgehead atoms. The predicted molar refractivity (Wildman–Crippen MR) is 79.9 cm³/mol. The summed E-state index contributed by atoms with van der Waals surface area (Å²) in [6.45, 7) is 2.89. The Balaban J connectivity index is 2.20. The lowest BCUT2D eigenvalue weighted by Crippen LogP contribution is -2.32. The Morgan fingerprint density at radius 1 is 1.58 bits per heavy atom. The molecule has 6 heteroatoms. The average Bonchev–Trinajstić information content (AvgIpc) is 2.75. The first-order valence-electron chi connectivity index (χ1n) is 6.10. The van der Waals surface area contributed by atoms with E-state index < -0.39 is 0 Å². The van der Waals surface area contributed by atoms with E-state index in [0.717, 1.165) is 17.4 Å². The van der Waals surface area contributed by atoms with Crippen molar-refractivity contribution in [1.82, 2.24) is 5.32 Å². The van der Waals surface area contributed by atoms with Crippen LogP contribution in [0.4, 0.5) is 5.69 Å². The van der Waals surface area contributed by atoms with E-state index in [4.69, 9.17) is 16.3 Å². The molecule has 0 spiro atoms. The minimum Gasteiger partial charge on any atom is -0.493 e. The summed E-state index contributed by atoms with van der Waals surface area (Å²) in [5.41, 5.74) is 0.589. The number of rotatable bonds is 3. The predicted octanol–water partition coefficient (Wildman–Crippen LogP) is 3.05. The minimum atomic E-state index is -0.0255. The third kappa shape index (κ3) is 3.22. The Morgan fingerprint density at radius 2 is 2.32 bits per heavy atom. The molecule has 1 aliphatic heterocycles. The van der Waals surface area contributed by atoms with Crippen molar-refractivity contribution in [3.05, 3.63) is 21.6 Å². The van der Waals surface area contributed by atoms with Crippen molar-refractivity contribution >= 4 is 39.1 Å². The summed E-state index contributed by atoms with van der Waals surface area (Å²) < 4.78 is 6.00. The molecule has 1 saturated heterocycles. The third-order valence-corrected chi connectivity index (χ3v) is 4.14. The van der Waals surface area contributed by atoms with Gasteiger partial charge in [-0.05, 0) is 48.0 Å². The molecule has 2 unspecified atom stereocenters. The largest absolute Gasteiger partial charge is 0.493 e. The number of carbonyl (C=O) groups excluding carboxylic acids is 1. The fourth-order valence-electron chi connectivity index (χ4n) is 2.30. The van der Waals surface area contributed by atoms with Crippen LogP contribution in [-0.4, -0.2) is 25.6 Å². The van der Waals surface area contributed by atoms with E-state index in [1.54, 1.807) is 19.2 Å². The standard InChI is InChI=1S/C13H16BrClN2O2/c1-7-9(3-4-16-7)13(18)17-11-6-8(15)5-10(14)12(11)19-2/h5-7,9,16H,3-4H2,1-2H3,(H,17,18). The van der Waals surface area contributed by atoms with Crippen LogP contribution in [0, 0.1) is 5.92 Å². The van der Waals surface area contributed by atoms with Crippen LogP contribution in [0.25, 0.3) is 0 Å². The molecule has 1 aliphatic rings. The summed E-state index contributed by atoms with van der Waals surface area (Å²) in [4.78, 5) is 12.3. The van der Waals surface area contributed by atoms with Gasteiger partial charge < -0.3 is 15.4 Å². The van der Waals surface area contributed by atoms with Crippen molar-refractivity contribution in [2.24, 2.45) is 5.92 Å². The molecule has 0 radical (unpaired) electrons. The number of hydrogen-bond donors (Lipinski definition) is 2. The quantitative estimate of drug-likeness (QED) is 0.883. The maximum absolute atomic E-state index is 12.3. The number of ether oxygens (including phenoxy) is 1. The number of halogens is 2. The van der Waals surface area contributed by atoms with Crippen LogP contribution in [0.1, 0.15) is 13.3 Å². The van der Waals surface area contributed by atoms with E-state index in [1.165, 1.54) is 0 Å². The van der Waals surface area contributed by atoms with Gasteiger partial charge in [0.05, 0.1) is 23.2 Å². The number of amides is 1. The molecule has 4 nitrogen and oxygen atoms in total. The molecule has 2 rings (SSSR count). The summed E-state index contributed by atoms with van der Waals surface area (Å²) >= 11 is 9.37. The van der Waals surface area contributed by atoms with Gasteiger partial charge in [0.2, 0.25) is 5.91 Å². The zero-order chi connectivity index (χ0) is 14.0. The molecule has 1 fully saturated rings. The zero-order valence-electron chi connectivity index (χ0n) is 10.8. The van der Waals surface area contributed by atoms with Gasteiger partial charge in [-0.2, -0.15) is 0 Å². The first-order chi connectivity index (χ1) is 9.02. The van der Waals surface area contributed by atoms with Gasteiger partial charge in [0.15, 0.2) is 5.75 Å². The van der Waals surface area contributed by atoms with Crippen LogP contribution in [-0.2, 0) is 4.79 Å². The molecule has 104 valence electrons. The summed E-state index contributed by atoms with van der Waals surface area (Å²) in [6.07, 6.45) is 0.844. The molecule has 1 amide bonds. The lowest BCUT2D eigenvalue weighted by Gasteiger charge is -2.17. The first kappa shape index (κ1) is 14.6. The summed E-state index contributed by atoms with van der Waals surface area (Å²) in [6, 6.07) is 3.61. The monoisotopic (exact) mass is 346 g/mol. The Morgan fingerprint density at radius 3 is 2.89 bits per heavy atom. The van der Waals surface area contributed by atoms with E-state index in [2.05, 4.69) is 26.6 Å². The van der Waals surface area contributed by atoms with Gasteiger partial charge in [-0.25, -0.2) is 0 Å². The van der Waals surface area contributed by atoms with Gasteiger partial charge in [-0.3, -0.25) is 4.79 Å². The van der Waals surface area contributed by atoms with Crippen LogP contribution in [0.5, 0.6) is 5.75 Å². The Kier molecular flexibility index (Phi) is 4.71. The van der Waals surface area contributed by atoms with Crippen LogP contribution in [0.15, 0.2) is 16.6 Å². The Bertz CT molecular complexity index is 496. The fourth-order valence-corrected chi connectivity index (χ4v) is 3.28. The SMILES string of the molecule is COc1c(Br)cc(Cl)cc1NC(=O)C1CCNC1C. The van der Waals surface area contributed by atoms with Crippen molar-refractivity contribution in [3.8, 4) is 5.75 Å². The summed E-state index contributed by atoms with van der Waals surface area (Å²) in [5, 5.41) is 6.70. The van der Waals surface area contributed by atoms with Gasteiger partial charge >= 0.3 is 0 Å². The summed E-state index contributed by atoms with van der Waals surface area (Å²) in [5.74, 6) is 0.545. The second-order valence-corrected chi connectivity index (χ2v) is 5.89. The lowest BCUT2D eigenvalue weighted by molar-refractivity contribution is -0.120. The van der Waals surface area contributed by atoms with E-state index in [1.807, 2.05) is 6.92 Å². The molecule has 2 N–H and O–H groups in total. The van der Waals surface area contributed by atoms with E-state index >= 15 is 0 Å². The molecule has 19 heavy (non-hydrogen) atoms. The maximum atomic E-state index is 12.3. The molecule has 0 saturated carbocycles. The first-order valence-corrected chi connectivity index (χ1v) is 7.27. The second-order valence-electron chi connectivity index (χ2n) is 4.60. The van der Waals surface area contributed by atoms with Crippen molar-refractivity contribution in [3.63, 3.8) is 0 Å². The number of methoxy groups -OCH3 is 1. The summed E-state index contributed by atoms with van der Waals surface area (Å²) in [7, 11) is 1.56. The number of hydrogen-bond acceptors (Lipinski definition) is 3. The molecule has 1 heterocycles. The van der Waals surface area contributed by atoms with Gasteiger partial charge in [0.25, 0.3) is 0 Å². The Hall–Kier alpha value is -0.780. The van der Waals surface area contributed by atoms with Crippen molar-refractivity contribution in [2.45, 2.75) is 19.4 Å². The smallest absolute Gasteiger partial charge is 0.229 e. The van der Waals surface area contributed by atoms with E-state index in [-0.39, 0.29) is 17.9 Å². The molecular weight excluding hydrogens is 332 g/mol. The van der Waals surface area contributed by atoms with Crippen LogP contribution < -0.4 is 15.4 Å². The average molecular weight is 348 g/mol. The van der Waals surface area contributed by atoms with Gasteiger partial charge in [-0.15, -0.1) is 0 Å². The maximum Gasteiger partial charge on any atom is 0.229 e. The fraction of sp³-hybridized carbons (Fsp3) is 0.462.